The van der Waals surface area contributed by atoms with E-state index in [1.165, 1.54) is 0 Å². The fraction of sp³-hybridized carbons (Fsp3) is 0.353. The minimum Gasteiger partial charge on any atom is -0.354 e. The van der Waals surface area contributed by atoms with Crippen LogP contribution in [-0.4, -0.2) is 33.9 Å². The van der Waals surface area contributed by atoms with E-state index in [1.54, 1.807) is 17.2 Å². The highest BCUT2D eigenvalue weighted by Crippen LogP contribution is 2.09. The van der Waals surface area contributed by atoms with Crippen molar-refractivity contribution in [3.8, 4) is 0 Å². The van der Waals surface area contributed by atoms with E-state index in [0.29, 0.717) is 24.7 Å². The van der Waals surface area contributed by atoms with Crippen molar-refractivity contribution >= 4 is 11.9 Å². The van der Waals surface area contributed by atoms with Gasteiger partial charge in [0, 0.05) is 25.8 Å². The van der Waals surface area contributed by atoms with E-state index in [0.717, 1.165) is 18.5 Å². The minimum atomic E-state index is -0.0756. The SMILES string of the molecule is CCCNc1nccc(C(=O)N(CC)Cc2ccccc2)n1. The topological polar surface area (TPSA) is 58.1 Å². The molecule has 5 heteroatoms. The number of nitrogens with one attached hydrogen (secondary N) is 1. The van der Waals surface area contributed by atoms with E-state index in [-0.39, 0.29) is 5.91 Å². The summed E-state index contributed by atoms with van der Waals surface area (Å²) in [4.78, 5) is 22.8. The molecule has 0 aliphatic carbocycles. The van der Waals surface area contributed by atoms with Crippen LogP contribution in [-0.2, 0) is 6.54 Å². The maximum atomic E-state index is 12.6. The summed E-state index contributed by atoms with van der Waals surface area (Å²) in [6.07, 6.45) is 2.60. The average Bonchev–Trinajstić information content (AvgIpc) is 2.58. The Balaban J connectivity index is 2.11. The number of carbonyl (C=O) groups excluding carboxylic acids is 1. The van der Waals surface area contributed by atoms with Gasteiger partial charge in [-0.2, -0.15) is 0 Å². The van der Waals surface area contributed by atoms with Crippen molar-refractivity contribution in [2.75, 3.05) is 18.4 Å². The number of benzene rings is 1. The van der Waals surface area contributed by atoms with E-state index in [1.807, 2.05) is 37.3 Å². The van der Waals surface area contributed by atoms with Crippen LogP contribution in [0.15, 0.2) is 42.6 Å². The predicted octanol–water partition coefficient (Wildman–Crippen LogP) is 2.96. The molecule has 0 saturated heterocycles. The molecule has 0 bridgehead atoms. The third-order valence-electron chi connectivity index (χ3n) is 3.29. The zero-order valence-electron chi connectivity index (χ0n) is 13.1. The van der Waals surface area contributed by atoms with Gasteiger partial charge in [0.25, 0.3) is 5.91 Å². The number of amides is 1. The zero-order valence-corrected chi connectivity index (χ0v) is 13.1. The molecule has 1 amide bonds. The van der Waals surface area contributed by atoms with Crippen LogP contribution in [0.3, 0.4) is 0 Å². The molecular formula is C17H22N4O. The van der Waals surface area contributed by atoms with Gasteiger partial charge in [0.2, 0.25) is 5.95 Å². The molecule has 0 atom stereocenters. The van der Waals surface area contributed by atoms with Crippen LogP contribution >= 0.6 is 0 Å². The Morgan fingerprint density at radius 3 is 2.64 bits per heavy atom. The molecule has 22 heavy (non-hydrogen) atoms. The normalized spacial score (nSPS) is 10.3. The van der Waals surface area contributed by atoms with Crippen LogP contribution in [0, 0.1) is 0 Å². The Hall–Kier alpha value is -2.43. The van der Waals surface area contributed by atoms with Gasteiger partial charge in [0.05, 0.1) is 0 Å². The number of aromatic nitrogens is 2. The molecule has 0 radical (unpaired) electrons. The van der Waals surface area contributed by atoms with Crippen molar-refractivity contribution in [1.29, 1.82) is 0 Å². The average molecular weight is 298 g/mol. The van der Waals surface area contributed by atoms with Gasteiger partial charge in [-0.1, -0.05) is 37.3 Å². The molecule has 0 saturated carbocycles. The number of carbonyl (C=O) groups is 1. The summed E-state index contributed by atoms with van der Waals surface area (Å²) in [5, 5.41) is 3.10. The second-order valence-corrected chi connectivity index (χ2v) is 5.00. The Kier molecular flexibility index (Phi) is 5.89. The molecule has 116 valence electrons. The van der Waals surface area contributed by atoms with Crippen LogP contribution in [0.2, 0.25) is 0 Å². The quantitative estimate of drug-likeness (QED) is 0.854. The molecule has 0 aliphatic rings. The monoisotopic (exact) mass is 298 g/mol. The summed E-state index contributed by atoms with van der Waals surface area (Å²) in [6.45, 7) is 6.05. The lowest BCUT2D eigenvalue weighted by Crippen LogP contribution is -2.31. The lowest BCUT2D eigenvalue weighted by molar-refractivity contribution is 0.0746. The van der Waals surface area contributed by atoms with Crippen LogP contribution < -0.4 is 5.32 Å². The second-order valence-electron chi connectivity index (χ2n) is 5.00. The number of hydrogen-bond donors (Lipinski definition) is 1. The Morgan fingerprint density at radius 2 is 1.95 bits per heavy atom. The van der Waals surface area contributed by atoms with Crippen molar-refractivity contribution < 1.29 is 4.79 Å². The van der Waals surface area contributed by atoms with Gasteiger partial charge in [-0.05, 0) is 25.0 Å². The van der Waals surface area contributed by atoms with Crippen LogP contribution in [0.25, 0.3) is 0 Å². The van der Waals surface area contributed by atoms with E-state index in [9.17, 15) is 4.79 Å². The molecule has 1 aromatic carbocycles. The maximum absolute atomic E-state index is 12.6. The first kappa shape index (κ1) is 15.9. The minimum absolute atomic E-state index is 0.0756. The van der Waals surface area contributed by atoms with Crippen molar-refractivity contribution in [3.63, 3.8) is 0 Å². The molecule has 2 aromatic rings. The van der Waals surface area contributed by atoms with Crippen LogP contribution in [0.5, 0.6) is 0 Å². The molecule has 1 aromatic heterocycles. The molecule has 0 spiro atoms. The van der Waals surface area contributed by atoms with Gasteiger partial charge in [-0.25, -0.2) is 9.97 Å². The van der Waals surface area contributed by atoms with Crippen molar-refractivity contribution in [2.24, 2.45) is 0 Å². The van der Waals surface area contributed by atoms with E-state index in [4.69, 9.17) is 0 Å². The molecule has 0 aliphatic heterocycles. The highest BCUT2D eigenvalue weighted by atomic mass is 16.2. The van der Waals surface area contributed by atoms with Crippen LogP contribution in [0.4, 0.5) is 5.95 Å². The summed E-state index contributed by atoms with van der Waals surface area (Å²) in [6, 6.07) is 11.6. The molecule has 1 N–H and O–H groups in total. The first-order valence-corrected chi connectivity index (χ1v) is 7.64. The third-order valence-corrected chi connectivity index (χ3v) is 3.29. The largest absolute Gasteiger partial charge is 0.354 e. The maximum Gasteiger partial charge on any atom is 0.272 e. The summed E-state index contributed by atoms with van der Waals surface area (Å²) in [5.74, 6) is 0.428. The van der Waals surface area contributed by atoms with Gasteiger partial charge in [0.15, 0.2) is 0 Å². The van der Waals surface area contributed by atoms with Gasteiger partial charge in [-0.3, -0.25) is 4.79 Å². The van der Waals surface area contributed by atoms with Crippen molar-refractivity contribution in [2.45, 2.75) is 26.8 Å². The fourth-order valence-corrected chi connectivity index (χ4v) is 2.09. The lowest BCUT2D eigenvalue weighted by Gasteiger charge is -2.20. The number of anilines is 1. The molecule has 1 heterocycles. The van der Waals surface area contributed by atoms with Crippen LogP contribution in [0.1, 0.15) is 36.3 Å². The van der Waals surface area contributed by atoms with Gasteiger partial charge in [0.1, 0.15) is 5.69 Å². The van der Waals surface area contributed by atoms with E-state index < -0.39 is 0 Å². The standard InChI is InChI=1S/C17H22N4O/c1-3-11-18-17-19-12-10-15(20-17)16(22)21(4-2)13-14-8-6-5-7-9-14/h5-10,12H,3-4,11,13H2,1-2H3,(H,18,19,20). The Morgan fingerprint density at radius 1 is 1.18 bits per heavy atom. The number of rotatable bonds is 7. The smallest absolute Gasteiger partial charge is 0.272 e. The molecular weight excluding hydrogens is 276 g/mol. The van der Waals surface area contributed by atoms with Crippen molar-refractivity contribution in [3.05, 3.63) is 53.9 Å². The summed E-state index contributed by atoms with van der Waals surface area (Å²) in [5.41, 5.74) is 1.53. The fourth-order valence-electron chi connectivity index (χ4n) is 2.09. The highest BCUT2D eigenvalue weighted by molar-refractivity contribution is 5.92. The first-order chi connectivity index (χ1) is 10.7. The zero-order chi connectivity index (χ0) is 15.8. The predicted molar refractivity (Wildman–Crippen MR) is 87.7 cm³/mol. The molecule has 5 nitrogen and oxygen atoms in total. The Bertz CT molecular complexity index is 601. The van der Waals surface area contributed by atoms with Gasteiger partial charge >= 0.3 is 0 Å². The third kappa shape index (κ3) is 4.28. The Labute approximate surface area is 131 Å². The van der Waals surface area contributed by atoms with Gasteiger partial charge < -0.3 is 10.2 Å². The number of hydrogen-bond acceptors (Lipinski definition) is 4. The lowest BCUT2D eigenvalue weighted by atomic mass is 10.2. The highest BCUT2D eigenvalue weighted by Gasteiger charge is 2.16. The molecule has 0 fully saturated rings. The van der Waals surface area contributed by atoms with Gasteiger partial charge in [-0.15, -0.1) is 0 Å². The first-order valence-electron chi connectivity index (χ1n) is 7.64. The molecule has 0 unspecified atom stereocenters. The summed E-state index contributed by atoms with van der Waals surface area (Å²) in [7, 11) is 0. The summed E-state index contributed by atoms with van der Waals surface area (Å²) < 4.78 is 0. The number of nitrogens with zero attached hydrogens (tertiary/aromatic N) is 3. The van der Waals surface area contributed by atoms with Crippen molar-refractivity contribution in [1.82, 2.24) is 14.9 Å². The summed E-state index contributed by atoms with van der Waals surface area (Å²) >= 11 is 0. The second kappa shape index (κ2) is 8.12. The molecule has 2 rings (SSSR count). The van der Waals surface area contributed by atoms with E-state index >= 15 is 0 Å². The van der Waals surface area contributed by atoms with E-state index in [2.05, 4.69) is 22.2 Å².